The number of Topliss-reactive ketones (excluding diaryl/α,β-unsaturated/α-hetero) is 1. The minimum absolute atomic E-state index is 0.0339. The fourth-order valence-corrected chi connectivity index (χ4v) is 4.57. The van der Waals surface area contributed by atoms with E-state index in [0.29, 0.717) is 0 Å². The topological polar surface area (TPSA) is 58.7 Å². The lowest BCUT2D eigenvalue weighted by Gasteiger charge is -2.46. The van der Waals surface area contributed by atoms with Gasteiger partial charge in [0.25, 0.3) is 0 Å². The van der Waals surface area contributed by atoms with Crippen LogP contribution in [0.2, 0.25) is 0 Å². The van der Waals surface area contributed by atoms with Crippen molar-refractivity contribution in [2.45, 2.75) is 25.2 Å². The van der Waals surface area contributed by atoms with Gasteiger partial charge in [-0.15, -0.1) is 0 Å². The van der Waals surface area contributed by atoms with Gasteiger partial charge in [0.15, 0.2) is 5.78 Å². The molecule has 120 valence electrons. The van der Waals surface area contributed by atoms with E-state index in [1.54, 1.807) is 0 Å². The lowest BCUT2D eigenvalue weighted by Crippen LogP contribution is -2.48. The molecule has 1 heterocycles. The summed E-state index contributed by atoms with van der Waals surface area (Å²) in [6.07, 6.45) is 5.81. The molecule has 4 rings (SSSR count). The number of allylic oxidation sites excluding steroid dienone is 2. The van der Waals surface area contributed by atoms with E-state index < -0.39 is 5.41 Å². The Bertz CT molecular complexity index is 887. The predicted octanol–water partition coefficient (Wildman–Crippen LogP) is 2.94. The van der Waals surface area contributed by atoms with Crippen LogP contribution in [-0.2, 0) is 23.7 Å². The van der Waals surface area contributed by atoms with Gasteiger partial charge in [-0.2, -0.15) is 10.4 Å². The molecular formula is C20H19N3O. The van der Waals surface area contributed by atoms with Crippen molar-refractivity contribution >= 4 is 5.78 Å². The largest absolute Gasteiger partial charge is 0.293 e. The fourth-order valence-electron chi connectivity index (χ4n) is 4.57. The van der Waals surface area contributed by atoms with Crippen LogP contribution in [0, 0.1) is 23.2 Å². The molecule has 2 aliphatic rings. The van der Waals surface area contributed by atoms with Crippen LogP contribution in [0.1, 0.15) is 30.2 Å². The summed E-state index contributed by atoms with van der Waals surface area (Å²) in [5.74, 6) is -0.0830. The molecule has 1 aromatic carbocycles. The van der Waals surface area contributed by atoms with Crippen LogP contribution >= 0.6 is 0 Å². The lowest BCUT2D eigenvalue weighted by atomic mass is 9.54. The smallest absolute Gasteiger partial charge is 0.176 e. The molecule has 0 amide bonds. The summed E-state index contributed by atoms with van der Waals surface area (Å²) in [4.78, 5) is 12.6. The Kier molecular flexibility index (Phi) is 3.21. The molecule has 0 N–H and O–H groups in total. The zero-order chi connectivity index (χ0) is 16.9. The first-order valence-corrected chi connectivity index (χ1v) is 8.33. The van der Waals surface area contributed by atoms with E-state index >= 15 is 0 Å². The van der Waals surface area contributed by atoms with Gasteiger partial charge in [0.2, 0.25) is 0 Å². The number of rotatable bonds is 1. The van der Waals surface area contributed by atoms with Gasteiger partial charge >= 0.3 is 0 Å². The summed E-state index contributed by atoms with van der Waals surface area (Å²) in [5.41, 5.74) is 3.10. The molecule has 2 unspecified atom stereocenters. The maximum Gasteiger partial charge on any atom is 0.176 e. The van der Waals surface area contributed by atoms with Crippen molar-refractivity contribution in [2.75, 3.05) is 0 Å². The summed E-state index contributed by atoms with van der Waals surface area (Å²) >= 11 is 0. The molecule has 2 aromatic rings. The third kappa shape index (κ3) is 1.85. The molecule has 3 atom stereocenters. The summed E-state index contributed by atoms with van der Waals surface area (Å²) in [6, 6.07) is 12.3. The number of nitrogens with zero attached hydrogens (tertiary/aromatic N) is 3. The average Bonchev–Trinajstić information content (AvgIpc) is 2.99. The van der Waals surface area contributed by atoms with E-state index in [1.165, 1.54) is 5.56 Å². The van der Waals surface area contributed by atoms with Crippen molar-refractivity contribution in [3.05, 3.63) is 65.0 Å². The highest BCUT2D eigenvalue weighted by Gasteiger charge is 2.53. The number of hydrogen-bond donors (Lipinski definition) is 0. The van der Waals surface area contributed by atoms with Crippen LogP contribution in [0.15, 0.2) is 48.2 Å². The second kappa shape index (κ2) is 5.17. The number of carbonyl (C=O) groups is 1. The van der Waals surface area contributed by atoms with Crippen molar-refractivity contribution in [2.24, 2.45) is 18.9 Å². The lowest BCUT2D eigenvalue weighted by molar-refractivity contribution is -0.121. The number of aromatic nitrogens is 2. The Morgan fingerprint density at radius 3 is 2.79 bits per heavy atom. The van der Waals surface area contributed by atoms with Crippen molar-refractivity contribution in [1.29, 1.82) is 5.26 Å². The van der Waals surface area contributed by atoms with Gasteiger partial charge in [0.05, 0.1) is 16.7 Å². The molecule has 0 spiro atoms. The average molecular weight is 317 g/mol. The van der Waals surface area contributed by atoms with Gasteiger partial charge in [-0.3, -0.25) is 9.48 Å². The molecule has 0 saturated heterocycles. The summed E-state index contributed by atoms with van der Waals surface area (Å²) in [6.45, 7) is 1.96. The quantitative estimate of drug-likeness (QED) is 0.812. The first kappa shape index (κ1) is 14.9. The number of aryl methyl sites for hydroxylation is 2. The Labute approximate surface area is 141 Å². The van der Waals surface area contributed by atoms with Crippen molar-refractivity contribution in [3.63, 3.8) is 0 Å². The van der Waals surface area contributed by atoms with Crippen LogP contribution in [-0.4, -0.2) is 15.6 Å². The van der Waals surface area contributed by atoms with Gasteiger partial charge < -0.3 is 0 Å². The van der Waals surface area contributed by atoms with Gasteiger partial charge in [-0.05, 0) is 36.0 Å². The molecular weight excluding hydrogens is 298 g/mol. The highest BCUT2D eigenvalue weighted by atomic mass is 16.1. The normalized spacial score (nSPS) is 28.5. The fraction of sp³-hybridized carbons (Fsp3) is 0.350. The van der Waals surface area contributed by atoms with E-state index in [-0.39, 0.29) is 23.2 Å². The number of fused-ring (bicyclic) bond motifs is 3. The first-order valence-electron chi connectivity index (χ1n) is 8.33. The summed E-state index contributed by atoms with van der Waals surface area (Å²) in [7, 11) is 1.93. The number of benzene rings is 1. The van der Waals surface area contributed by atoms with Crippen LogP contribution in [0.25, 0.3) is 0 Å². The third-order valence-electron chi connectivity index (χ3n) is 5.63. The molecule has 24 heavy (non-hydrogen) atoms. The van der Waals surface area contributed by atoms with E-state index in [1.807, 2.05) is 42.9 Å². The van der Waals surface area contributed by atoms with Crippen molar-refractivity contribution < 1.29 is 4.79 Å². The molecule has 4 nitrogen and oxygen atoms in total. The van der Waals surface area contributed by atoms with Gasteiger partial charge in [-0.1, -0.05) is 37.3 Å². The molecule has 0 fully saturated rings. The molecule has 2 aliphatic carbocycles. The van der Waals surface area contributed by atoms with E-state index in [9.17, 15) is 10.1 Å². The number of carbonyl (C=O) groups excluding carboxylic acids is 1. The molecule has 0 aliphatic heterocycles. The first-order chi connectivity index (χ1) is 11.6. The second-order valence-corrected chi connectivity index (χ2v) is 6.88. The van der Waals surface area contributed by atoms with Gasteiger partial charge in [0.1, 0.15) is 6.07 Å². The Balaban J connectivity index is 2.09. The highest BCUT2D eigenvalue weighted by molar-refractivity contribution is 6.02. The number of ketones is 1. The molecule has 0 saturated carbocycles. The number of nitriles is 1. The highest BCUT2D eigenvalue weighted by Crippen LogP contribution is 2.53. The van der Waals surface area contributed by atoms with Gasteiger partial charge in [0, 0.05) is 19.2 Å². The van der Waals surface area contributed by atoms with E-state index in [0.717, 1.165) is 24.1 Å². The predicted molar refractivity (Wildman–Crippen MR) is 90.1 cm³/mol. The van der Waals surface area contributed by atoms with Crippen LogP contribution < -0.4 is 0 Å². The Hall–Kier alpha value is -2.67. The zero-order valence-electron chi connectivity index (χ0n) is 13.9. The van der Waals surface area contributed by atoms with Crippen LogP contribution in [0.3, 0.4) is 0 Å². The monoisotopic (exact) mass is 317 g/mol. The zero-order valence-corrected chi connectivity index (χ0v) is 13.9. The van der Waals surface area contributed by atoms with Crippen LogP contribution in [0.4, 0.5) is 0 Å². The maximum atomic E-state index is 12.6. The minimum atomic E-state index is -0.492. The molecule has 0 bridgehead atoms. The SMILES string of the molecule is CC1C(=O)C(C#N)=CC2(c3ccccc3)c3nn(C)cc3CC[C@@H]12. The number of hydrogen-bond acceptors (Lipinski definition) is 3. The van der Waals surface area contributed by atoms with Crippen molar-refractivity contribution in [1.82, 2.24) is 9.78 Å². The maximum absolute atomic E-state index is 12.6. The minimum Gasteiger partial charge on any atom is -0.293 e. The molecule has 0 radical (unpaired) electrons. The second-order valence-electron chi connectivity index (χ2n) is 6.88. The van der Waals surface area contributed by atoms with E-state index in [2.05, 4.69) is 24.4 Å². The van der Waals surface area contributed by atoms with Crippen LogP contribution in [0.5, 0.6) is 0 Å². The van der Waals surface area contributed by atoms with Crippen molar-refractivity contribution in [3.8, 4) is 6.07 Å². The Morgan fingerprint density at radius 1 is 1.33 bits per heavy atom. The summed E-state index contributed by atoms with van der Waals surface area (Å²) < 4.78 is 1.85. The molecule has 1 aromatic heterocycles. The van der Waals surface area contributed by atoms with Gasteiger partial charge in [-0.25, -0.2) is 0 Å². The Morgan fingerprint density at radius 2 is 2.08 bits per heavy atom. The summed E-state index contributed by atoms with van der Waals surface area (Å²) in [5, 5.41) is 14.3. The molecule has 4 heteroatoms. The van der Waals surface area contributed by atoms with E-state index in [4.69, 9.17) is 5.10 Å². The third-order valence-corrected chi connectivity index (χ3v) is 5.63. The standard InChI is InChI=1S/C20H19N3O/c1-13-17-9-8-14-12-23(2)22-19(14)20(17,10-15(11-21)18(13)24)16-6-4-3-5-7-16/h3-7,10,12-13,17H,8-9H2,1-2H3/t13?,17-,20?/m0/s1.